The zero-order valence-electron chi connectivity index (χ0n) is 23.6. The maximum Gasteiger partial charge on any atom is 0.534 e. The largest absolute Gasteiger partial charge is 0.534 e. The summed E-state index contributed by atoms with van der Waals surface area (Å²) in [5.41, 5.74) is -1.54. The van der Waals surface area contributed by atoms with Crippen LogP contribution in [0.1, 0.15) is 49.9 Å². The monoisotopic (exact) mass is 640 g/mol. The van der Waals surface area contributed by atoms with E-state index in [0.717, 1.165) is 11.1 Å². The maximum absolute atomic E-state index is 12.3. The number of hydrogen-bond donors (Lipinski definition) is 1. The lowest BCUT2D eigenvalue weighted by Gasteiger charge is -2.26. The van der Waals surface area contributed by atoms with Crippen LogP contribution in [0, 0.1) is 0 Å². The van der Waals surface area contributed by atoms with Crippen LogP contribution in [0.3, 0.4) is 0 Å². The van der Waals surface area contributed by atoms with Gasteiger partial charge in [0, 0.05) is 10.8 Å². The van der Waals surface area contributed by atoms with Gasteiger partial charge in [0.25, 0.3) is 0 Å². The van der Waals surface area contributed by atoms with Crippen molar-refractivity contribution in [2.75, 3.05) is 5.34 Å². The van der Waals surface area contributed by atoms with Crippen LogP contribution in [0.4, 0.5) is 13.2 Å². The van der Waals surface area contributed by atoms with Gasteiger partial charge in [-0.05, 0) is 46.5 Å². The SMILES string of the molecule is CC(C)(c1ccccc1)c1ccc(O)cc1.CC(C)(c1ccccc1)c1ccc(OS(=O)(=O)C(F)(F)F)cc1.ClCCl. The summed E-state index contributed by atoms with van der Waals surface area (Å²) in [6.45, 7) is 8.30. The van der Waals surface area contributed by atoms with E-state index in [9.17, 15) is 26.7 Å². The average molecular weight is 642 g/mol. The number of hydrogen-bond acceptors (Lipinski definition) is 4. The van der Waals surface area contributed by atoms with Gasteiger partial charge in [-0.1, -0.05) is 113 Å². The number of halogens is 5. The van der Waals surface area contributed by atoms with Crippen LogP contribution in [0.25, 0.3) is 0 Å². The average Bonchev–Trinajstić information content (AvgIpc) is 2.94. The summed E-state index contributed by atoms with van der Waals surface area (Å²) in [6, 6.07) is 32.9. The van der Waals surface area contributed by atoms with Crippen LogP contribution in [0.15, 0.2) is 109 Å². The molecule has 0 fully saturated rings. The van der Waals surface area contributed by atoms with E-state index < -0.39 is 15.6 Å². The van der Waals surface area contributed by atoms with Crippen LogP contribution in [-0.2, 0) is 20.9 Å². The maximum atomic E-state index is 12.3. The first-order valence-corrected chi connectivity index (χ1v) is 15.2. The fourth-order valence-corrected chi connectivity index (χ4v) is 4.48. The van der Waals surface area contributed by atoms with Crippen LogP contribution in [0.2, 0.25) is 0 Å². The quantitative estimate of drug-likeness (QED) is 0.130. The van der Waals surface area contributed by atoms with E-state index in [4.69, 9.17) is 23.2 Å². The van der Waals surface area contributed by atoms with E-state index in [0.29, 0.717) is 5.75 Å². The Bertz CT molecular complexity index is 1480. The van der Waals surface area contributed by atoms with Gasteiger partial charge in [0.05, 0.1) is 5.34 Å². The standard InChI is InChI=1S/C16H15F3O3S.C15H16O.CH2Cl2/c1-15(2,12-6-4-3-5-7-12)13-8-10-14(11-9-13)22-23(20,21)16(17,18)19;1-15(2,12-6-4-3-5-7-12)13-8-10-14(16)11-9-13;2-1-3/h3-11H,1-2H3;3-11,16H,1-2H3;1H2. The third-order valence-corrected chi connectivity index (χ3v) is 7.62. The summed E-state index contributed by atoms with van der Waals surface area (Å²) >= 11 is 9.53. The molecule has 0 saturated heterocycles. The number of benzene rings is 4. The molecular formula is C32H33Cl2F3O4S. The molecule has 0 aliphatic rings. The zero-order chi connectivity index (χ0) is 31.6. The Kier molecular flexibility index (Phi) is 12.3. The van der Waals surface area contributed by atoms with Crippen molar-refractivity contribution in [3.8, 4) is 11.5 Å². The molecule has 10 heteroatoms. The third kappa shape index (κ3) is 9.41. The predicted octanol–water partition coefficient (Wildman–Crippen LogP) is 9.38. The Morgan fingerprint density at radius 2 is 0.929 bits per heavy atom. The van der Waals surface area contributed by atoms with E-state index in [1.165, 1.54) is 23.3 Å². The molecule has 0 saturated carbocycles. The van der Waals surface area contributed by atoms with Crippen molar-refractivity contribution >= 4 is 33.3 Å². The van der Waals surface area contributed by atoms with Crippen LogP contribution < -0.4 is 4.18 Å². The van der Waals surface area contributed by atoms with Crippen LogP contribution in [-0.4, -0.2) is 24.4 Å². The molecule has 42 heavy (non-hydrogen) atoms. The highest BCUT2D eigenvalue weighted by atomic mass is 35.5. The number of rotatable bonds is 6. The van der Waals surface area contributed by atoms with Crippen LogP contribution >= 0.6 is 23.2 Å². The molecule has 0 aromatic heterocycles. The van der Waals surface area contributed by atoms with Crippen LogP contribution in [0.5, 0.6) is 11.5 Å². The van der Waals surface area contributed by atoms with E-state index >= 15 is 0 Å². The first-order valence-electron chi connectivity index (χ1n) is 12.7. The summed E-state index contributed by atoms with van der Waals surface area (Å²) in [6.07, 6.45) is 0. The fraction of sp³-hybridized carbons (Fsp3) is 0.250. The van der Waals surface area contributed by atoms with Gasteiger partial charge in [-0.25, -0.2) is 0 Å². The highest BCUT2D eigenvalue weighted by molar-refractivity contribution is 7.88. The molecule has 4 rings (SSSR count). The molecule has 0 unspecified atom stereocenters. The molecule has 0 spiro atoms. The van der Waals surface area contributed by atoms with Crippen molar-refractivity contribution in [1.82, 2.24) is 0 Å². The van der Waals surface area contributed by atoms with Crippen molar-refractivity contribution in [3.63, 3.8) is 0 Å². The van der Waals surface area contributed by atoms with Gasteiger partial charge in [0.1, 0.15) is 11.5 Å². The van der Waals surface area contributed by atoms with E-state index in [2.05, 4.69) is 42.3 Å². The fourth-order valence-electron chi connectivity index (χ4n) is 4.02. The van der Waals surface area contributed by atoms with Gasteiger partial charge in [-0.15, -0.1) is 23.2 Å². The molecule has 226 valence electrons. The Morgan fingerprint density at radius 3 is 1.26 bits per heavy atom. The highest BCUT2D eigenvalue weighted by Crippen LogP contribution is 2.34. The molecule has 4 nitrogen and oxygen atoms in total. The normalized spacial score (nSPS) is 11.8. The number of phenolic OH excluding ortho intramolecular Hbond substituents is 1. The summed E-state index contributed by atoms with van der Waals surface area (Å²) in [7, 11) is -5.65. The van der Waals surface area contributed by atoms with Gasteiger partial charge in [-0.3, -0.25) is 0 Å². The number of alkyl halides is 5. The van der Waals surface area contributed by atoms with Gasteiger partial charge in [0.2, 0.25) is 0 Å². The Hall–Kier alpha value is -3.20. The second-order valence-corrected chi connectivity index (χ2v) is 12.5. The highest BCUT2D eigenvalue weighted by Gasteiger charge is 2.48. The first kappa shape index (κ1) is 35.0. The van der Waals surface area contributed by atoms with Crippen molar-refractivity contribution in [2.24, 2.45) is 0 Å². The Balaban J connectivity index is 0.000000282. The van der Waals surface area contributed by atoms with Crippen molar-refractivity contribution in [2.45, 2.75) is 44.0 Å². The van der Waals surface area contributed by atoms with Crippen molar-refractivity contribution in [1.29, 1.82) is 0 Å². The molecule has 1 N–H and O–H groups in total. The topological polar surface area (TPSA) is 63.6 Å². The lowest BCUT2D eigenvalue weighted by atomic mass is 9.78. The second kappa shape index (κ2) is 14.8. The lowest BCUT2D eigenvalue weighted by molar-refractivity contribution is -0.0500. The second-order valence-electron chi connectivity index (χ2n) is 10.1. The molecule has 0 amide bonds. The minimum absolute atomic E-state index is 0.0328. The number of phenols is 1. The van der Waals surface area contributed by atoms with E-state index in [1.54, 1.807) is 24.3 Å². The molecule has 4 aromatic carbocycles. The molecule has 0 aliphatic heterocycles. The molecule has 0 bridgehead atoms. The Morgan fingerprint density at radius 1 is 0.619 bits per heavy atom. The molecule has 0 aliphatic carbocycles. The van der Waals surface area contributed by atoms with Gasteiger partial charge in [-0.2, -0.15) is 21.6 Å². The molecule has 0 heterocycles. The van der Waals surface area contributed by atoms with E-state index in [-0.39, 0.29) is 21.9 Å². The smallest absolute Gasteiger partial charge is 0.508 e. The van der Waals surface area contributed by atoms with Gasteiger partial charge < -0.3 is 9.29 Å². The summed E-state index contributed by atoms with van der Waals surface area (Å²) in [4.78, 5) is 0. The predicted molar refractivity (Wildman–Crippen MR) is 164 cm³/mol. The number of aromatic hydroxyl groups is 1. The summed E-state index contributed by atoms with van der Waals surface area (Å²) in [5.74, 6) is -0.0671. The van der Waals surface area contributed by atoms with Gasteiger partial charge >= 0.3 is 15.6 Å². The van der Waals surface area contributed by atoms with Crippen molar-refractivity contribution in [3.05, 3.63) is 131 Å². The minimum Gasteiger partial charge on any atom is -0.508 e. The van der Waals surface area contributed by atoms with Gasteiger partial charge in [0.15, 0.2) is 0 Å². The summed E-state index contributed by atoms with van der Waals surface area (Å²) in [5, 5.41) is 9.49. The molecule has 0 radical (unpaired) electrons. The van der Waals surface area contributed by atoms with E-state index in [1.807, 2.05) is 62.4 Å². The minimum atomic E-state index is -5.65. The molecular weight excluding hydrogens is 608 g/mol. The molecule has 0 atom stereocenters. The first-order chi connectivity index (χ1) is 19.6. The van der Waals surface area contributed by atoms with Crippen molar-refractivity contribution < 1.29 is 30.9 Å². The Labute approximate surface area is 255 Å². The lowest BCUT2D eigenvalue weighted by Crippen LogP contribution is -2.28. The third-order valence-electron chi connectivity index (χ3n) is 6.65. The molecule has 4 aromatic rings. The summed E-state index contributed by atoms with van der Waals surface area (Å²) < 4.78 is 62.9. The zero-order valence-corrected chi connectivity index (χ0v) is 25.9.